The average molecular weight is 470 g/mol. The van der Waals surface area contributed by atoms with Gasteiger partial charge in [0.25, 0.3) is 11.8 Å². The van der Waals surface area contributed by atoms with Crippen molar-refractivity contribution in [1.82, 2.24) is 4.57 Å². The first-order valence-electron chi connectivity index (χ1n) is 11.1. The van der Waals surface area contributed by atoms with Crippen molar-refractivity contribution in [3.63, 3.8) is 0 Å². The lowest BCUT2D eigenvalue weighted by Gasteiger charge is -2.23. The highest BCUT2D eigenvalue weighted by atomic mass is 35.5. The average Bonchev–Trinajstić information content (AvgIpc) is 3.18. The minimum Gasteiger partial charge on any atom is -0.345 e. The zero-order valence-electron chi connectivity index (χ0n) is 19.0. The van der Waals surface area contributed by atoms with Crippen molar-refractivity contribution in [2.24, 2.45) is 0 Å². The maximum atomic E-state index is 13.6. The molecule has 1 aliphatic rings. The summed E-state index contributed by atoms with van der Waals surface area (Å²) in [6.45, 7) is 5.03. The van der Waals surface area contributed by atoms with Gasteiger partial charge < -0.3 is 14.8 Å². The smallest absolute Gasteiger partial charge is 0.258 e. The molecular formula is C28H24ClN3O2. The Balaban J connectivity index is 1.42. The second-order valence-electron chi connectivity index (χ2n) is 8.61. The van der Waals surface area contributed by atoms with Gasteiger partial charge in [0.2, 0.25) is 0 Å². The molecule has 0 radical (unpaired) electrons. The first-order valence-corrected chi connectivity index (χ1v) is 11.5. The second kappa shape index (κ2) is 8.84. The standard InChI is InChI=1S/C28H24ClN3O2/c1-18-9-11-23(24(29)14-18)27(33)30-25-12-10-20(15-19(25)2)28(34)32-17-22-7-5-13-31(22)16-21-6-3-4-8-26(21)32/h3-15H,16-17H2,1-2H3,(H,30,33). The van der Waals surface area contributed by atoms with Crippen molar-refractivity contribution in [2.75, 3.05) is 10.2 Å². The van der Waals surface area contributed by atoms with Crippen LogP contribution >= 0.6 is 11.6 Å². The van der Waals surface area contributed by atoms with Gasteiger partial charge >= 0.3 is 0 Å². The highest BCUT2D eigenvalue weighted by Crippen LogP contribution is 2.30. The molecule has 34 heavy (non-hydrogen) atoms. The first kappa shape index (κ1) is 22.0. The fourth-order valence-corrected chi connectivity index (χ4v) is 4.67. The number of amides is 2. The SMILES string of the molecule is Cc1ccc(C(=O)Nc2ccc(C(=O)N3Cc4cccn4Cc4ccccc43)cc2C)c(Cl)c1. The van der Waals surface area contributed by atoms with Gasteiger partial charge in [-0.1, -0.05) is 35.9 Å². The summed E-state index contributed by atoms with van der Waals surface area (Å²) >= 11 is 6.25. The van der Waals surface area contributed by atoms with E-state index in [-0.39, 0.29) is 11.8 Å². The Labute approximate surface area is 203 Å². The number of hydrogen-bond donors (Lipinski definition) is 1. The molecule has 5 rings (SSSR count). The van der Waals surface area contributed by atoms with Gasteiger partial charge in [-0.15, -0.1) is 0 Å². The molecule has 5 nitrogen and oxygen atoms in total. The Kier molecular flexibility index (Phi) is 5.72. The number of para-hydroxylation sites is 1. The first-order chi connectivity index (χ1) is 16.4. The lowest BCUT2D eigenvalue weighted by Crippen LogP contribution is -2.30. The third kappa shape index (κ3) is 4.11. The van der Waals surface area contributed by atoms with E-state index in [0.29, 0.717) is 28.4 Å². The zero-order chi connectivity index (χ0) is 23.8. The van der Waals surface area contributed by atoms with Crippen LogP contribution in [-0.2, 0) is 13.1 Å². The van der Waals surface area contributed by atoms with E-state index in [1.54, 1.807) is 24.3 Å². The Morgan fingerprint density at radius 3 is 2.53 bits per heavy atom. The van der Waals surface area contributed by atoms with Crippen LogP contribution in [0.2, 0.25) is 5.02 Å². The molecule has 0 atom stereocenters. The molecule has 6 heteroatoms. The van der Waals surface area contributed by atoms with Crippen molar-refractivity contribution in [3.05, 3.63) is 118 Å². The van der Waals surface area contributed by atoms with Crippen molar-refractivity contribution in [3.8, 4) is 0 Å². The summed E-state index contributed by atoms with van der Waals surface area (Å²) in [4.78, 5) is 28.2. The number of nitrogens with one attached hydrogen (secondary N) is 1. The minimum absolute atomic E-state index is 0.0790. The van der Waals surface area contributed by atoms with Gasteiger partial charge in [-0.25, -0.2) is 0 Å². The van der Waals surface area contributed by atoms with Gasteiger partial charge in [0.15, 0.2) is 0 Å². The van der Waals surface area contributed by atoms with E-state index in [2.05, 4.69) is 16.0 Å². The van der Waals surface area contributed by atoms with Gasteiger partial charge in [0.05, 0.1) is 17.1 Å². The quantitative estimate of drug-likeness (QED) is 0.387. The molecule has 2 amide bonds. The fraction of sp³-hybridized carbons (Fsp3) is 0.143. The highest BCUT2D eigenvalue weighted by Gasteiger charge is 2.25. The number of hydrogen-bond acceptors (Lipinski definition) is 2. The van der Waals surface area contributed by atoms with Gasteiger partial charge in [0, 0.05) is 35.4 Å². The monoisotopic (exact) mass is 469 g/mol. The molecule has 1 N–H and O–H groups in total. The number of fused-ring (bicyclic) bond motifs is 2. The van der Waals surface area contributed by atoms with E-state index in [1.807, 2.05) is 67.4 Å². The Morgan fingerprint density at radius 2 is 1.74 bits per heavy atom. The van der Waals surface area contributed by atoms with Crippen LogP contribution in [0.5, 0.6) is 0 Å². The molecule has 2 heterocycles. The van der Waals surface area contributed by atoms with E-state index < -0.39 is 0 Å². The molecule has 170 valence electrons. The van der Waals surface area contributed by atoms with Gasteiger partial charge in [-0.2, -0.15) is 0 Å². The normalized spacial score (nSPS) is 12.5. The van der Waals surface area contributed by atoms with Gasteiger partial charge in [-0.05, 0) is 79.1 Å². The van der Waals surface area contributed by atoms with Crippen LogP contribution in [0.25, 0.3) is 0 Å². The Bertz CT molecular complexity index is 1420. The van der Waals surface area contributed by atoms with Crippen molar-refractivity contribution in [2.45, 2.75) is 26.9 Å². The molecule has 3 aromatic carbocycles. The summed E-state index contributed by atoms with van der Waals surface area (Å²) in [5, 5.41) is 3.32. The number of carbonyl (C=O) groups is 2. The minimum atomic E-state index is -0.283. The molecule has 1 aliphatic heterocycles. The van der Waals surface area contributed by atoms with E-state index in [9.17, 15) is 9.59 Å². The van der Waals surface area contributed by atoms with E-state index in [4.69, 9.17) is 11.6 Å². The molecule has 0 spiro atoms. The molecule has 4 aromatic rings. The van der Waals surface area contributed by atoms with Crippen LogP contribution in [0.4, 0.5) is 11.4 Å². The lowest BCUT2D eigenvalue weighted by molar-refractivity contribution is 0.0983. The number of carbonyl (C=O) groups excluding carboxylic acids is 2. The van der Waals surface area contributed by atoms with Crippen molar-refractivity contribution in [1.29, 1.82) is 0 Å². The number of halogens is 1. The highest BCUT2D eigenvalue weighted by molar-refractivity contribution is 6.34. The molecule has 0 saturated carbocycles. The van der Waals surface area contributed by atoms with E-state index in [0.717, 1.165) is 34.6 Å². The lowest BCUT2D eigenvalue weighted by atomic mass is 10.1. The largest absolute Gasteiger partial charge is 0.345 e. The summed E-state index contributed by atoms with van der Waals surface area (Å²) < 4.78 is 2.17. The number of aromatic nitrogens is 1. The summed E-state index contributed by atoms with van der Waals surface area (Å²) in [6.07, 6.45) is 2.04. The van der Waals surface area contributed by atoms with Crippen LogP contribution in [0.15, 0.2) is 79.0 Å². The van der Waals surface area contributed by atoms with Crippen molar-refractivity contribution >= 4 is 34.8 Å². The zero-order valence-corrected chi connectivity index (χ0v) is 19.8. The molecule has 0 unspecified atom stereocenters. The Morgan fingerprint density at radius 1 is 0.912 bits per heavy atom. The van der Waals surface area contributed by atoms with Crippen LogP contribution in [0, 0.1) is 13.8 Å². The van der Waals surface area contributed by atoms with E-state index in [1.165, 1.54) is 0 Å². The molecule has 0 fully saturated rings. The summed E-state index contributed by atoms with van der Waals surface area (Å²) in [7, 11) is 0. The van der Waals surface area contributed by atoms with Gasteiger partial charge in [-0.3, -0.25) is 9.59 Å². The number of aryl methyl sites for hydroxylation is 2. The van der Waals surface area contributed by atoms with E-state index >= 15 is 0 Å². The molecular weight excluding hydrogens is 446 g/mol. The maximum Gasteiger partial charge on any atom is 0.258 e. The summed E-state index contributed by atoms with van der Waals surface area (Å²) in [5.41, 5.74) is 6.51. The fourth-order valence-electron chi connectivity index (χ4n) is 4.35. The predicted molar refractivity (Wildman–Crippen MR) is 136 cm³/mol. The number of nitrogens with zero attached hydrogens (tertiary/aromatic N) is 2. The molecule has 0 saturated heterocycles. The maximum absolute atomic E-state index is 13.6. The van der Waals surface area contributed by atoms with Crippen LogP contribution in [0.1, 0.15) is 43.1 Å². The Hall–Kier alpha value is -3.83. The van der Waals surface area contributed by atoms with Crippen LogP contribution in [0.3, 0.4) is 0 Å². The predicted octanol–water partition coefficient (Wildman–Crippen LogP) is 6.22. The topological polar surface area (TPSA) is 54.3 Å². The molecule has 0 aliphatic carbocycles. The summed E-state index contributed by atoms with van der Waals surface area (Å²) in [6, 6.07) is 22.7. The molecule has 1 aromatic heterocycles. The number of rotatable bonds is 3. The van der Waals surface area contributed by atoms with Crippen molar-refractivity contribution < 1.29 is 9.59 Å². The number of benzene rings is 3. The second-order valence-corrected chi connectivity index (χ2v) is 9.02. The summed E-state index contributed by atoms with van der Waals surface area (Å²) in [5.74, 6) is -0.362. The van der Waals surface area contributed by atoms with Crippen LogP contribution < -0.4 is 10.2 Å². The van der Waals surface area contributed by atoms with Crippen LogP contribution in [-0.4, -0.2) is 16.4 Å². The third-order valence-electron chi connectivity index (χ3n) is 6.20. The number of anilines is 2. The van der Waals surface area contributed by atoms with Gasteiger partial charge in [0.1, 0.15) is 0 Å². The third-order valence-corrected chi connectivity index (χ3v) is 6.52. The molecule has 0 bridgehead atoms.